The third-order valence-electron chi connectivity index (χ3n) is 6.47. The van der Waals surface area contributed by atoms with Gasteiger partial charge in [-0.05, 0) is 43.2 Å². The van der Waals surface area contributed by atoms with Crippen molar-refractivity contribution in [2.75, 3.05) is 20.8 Å². The van der Waals surface area contributed by atoms with Crippen molar-refractivity contribution in [1.82, 2.24) is 14.9 Å². The Morgan fingerprint density at radius 3 is 2.69 bits per heavy atom. The van der Waals surface area contributed by atoms with Crippen molar-refractivity contribution in [3.8, 4) is 11.5 Å². The number of fused-ring (bicyclic) bond motifs is 4. The number of aromatic amines is 1. The molecule has 2 unspecified atom stereocenters. The standard InChI is InChI=1S/C20H27N3O3/c1-20(2)12-6-5-7-23(17(20)8-12)11-18-21-14-10-16(26-4)15(25-3)9-13(14)19(24)22-18/h9-10,12,17H,5-8,11H2,1-4H3,(H,21,22,24). The predicted octanol–water partition coefficient (Wildman–Crippen LogP) is 2.95. The van der Waals surface area contributed by atoms with Crippen LogP contribution in [-0.2, 0) is 6.54 Å². The van der Waals surface area contributed by atoms with Gasteiger partial charge in [0.15, 0.2) is 11.5 Å². The minimum atomic E-state index is -0.133. The van der Waals surface area contributed by atoms with Crippen molar-refractivity contribution in [3.05, 3.63) is 28.3 Å². The van der Waals surface area contributed by atoms with Gasteiger partial charge in [-0.1, -0.05) is 13.8 Å². The second kappa shape index (κ2) is 6.27. The minimum Gasteiger partial charge on any atom is -0.493 e. The fourth-order valence-corrected chi connectivity index (χ4v) is 4.77. The number of methoxy groups -OCH3 is 2. The molecule has 1 aromatic heterocycles. The summed E-state index contributed by atoms with van der Waals surface area (Å²) in [6.45, 7) is 6.49. The van der Waals surface area contributed by atoms with E-state index in [0.717, 1.165) is 18.3 Å². The molecule has 1 aliphatic carbocycles. The van der Waals surface area contributed by atoms with Gasteiger partial charge in [-0.15, -0.1) is 0 Å². The fraction of sp³-hybridized carbons (Fsp3) is 0.600. The molecule has 3 aliphatic rings. The summed E-state index contributed by atoms with van der Waals surface area (Å²) >= 11 is 0. The van der Waals surface area contributed by atoms with Crippen LogP contribution in [-0.4, -0.2) is 41.7 Å². The van der Waals surface area contributed by atoms with E-state index in [9.17, 15) is 4.79 Å². The topological polar surface area (TPSA) is 67.5 Å². The second-order valence-corrected chi connectivity index (χ2v) is 8.12. The van der Waals surface area contributed by atoms with Crippen LogP contribution in [0.5, 0.6) is 11.5 Å². The summed E-state index contributed by atoms with van der Waals surface area (Å²) < 4.78 is 10.6. The van der Waals surface area contributed by atoms with Gasteiger partial charge >= 0.3 is 0 Å². The molecule has 1 N–H and O–H groups in total. The van der Waals surface area contributed by atoms with Crippen molar-refractivity contribution in [3.63, 3.8) is 0 Å². The van der Waals surface area contributed by atoms with E-state index >= 15 is 0 Å². The Bertz CT molecular complexity index is 890. The molecule has 2 aromatic rings. The molecule has 2 aliphatic heterocycles. The van der Waals surface area contributed by atoms with Crippen LogP contribution < -0.4 is 15.0 Å². The predicted molar refractivity (Wildman–Crippen MR) is 101 cm³/mol. The van der Waals surface area contributed by atoms with Crippen LogP contribution in [0.4, 0.5) is 0 Å². The van der Waals surface area contributed by atoms with Crippen LogP contribution in [0.3, 0.4) is 0 Å². The number of benzene rings is 1. The lowest BCUT2D eigenvalue weighted by Crippen LogP contribution is -2.56. The lowest BCUT2D eigenvalue weighted by Gasteiger charge is -2.54. The van der Waals surface area contributed by atoms with E-state index in [1.165, 1.54) is 19.3 Å². The molecule has 0 spiro atoms. The van der Waals surface area contributed by atoms with Gasteiger partial charge in [0.05, 0.1) is 31.7 Å². The number of ether oxygens (including phenoxy) is 2. The zero-order chi connectivity index (χ0) is 18.5. The van der Waals surface area contributed by atoms with Crippen LogP contribution in [0.2, 0.25) is 0 Å². The van der Waals surface area contributed by atoms with E-state index in [-0.39, 0.29) is 5.56 Å². The minimum absolute atomic E-state index is 0.133. The van der Waals surface area contributed by atoms with E-state index in [1.54, 1.807) is 26.4 Å². The highest BCUT2D eigenvalue weighted by Crippen LogP contribution is 2.53. The zero-order valence-electron chi connectivity index (χ0n) is 16.0. The molecule has 2 saturated heterocycles. The van der Waals surface area contributed by atoms with E-state index in [1.807, 2.05) is 0 Å². The molecule has 140 valence electrons. The smallest absolute Gasteiger partial charge is 0.258 e. The fourth-order valence-electron chi connectivity index (χ4n) is 4.77. The number of hydrogen-bond donors (Lipinski definition) is 1. The van der Waals surface area contributed by atoms with Crippen molar-refractivity contribution in [2.45, 2.75) is 45.7 Å². The first kappa shape index (κ1) is 17.3. The molecule has 1 saturated carbocycles. The van der Waals surface area contributed by atoms with Gasteiger partial charge in [0.2, 0.25) is 0 Å². The maximum atomic E-state index is 12.6. The Hall–Kier alpha value is -2.08. The van der Waals surface area contributed by atoms with Crippen LogP contribution in [0.15, 0.2) is 16.9 Å². The Morgan fingerprint density at radius 2 is 2.00 bits per heavy atom. The van der Waals surface area contributed by atoms with Crippen molar-refractivity contribution in [2.24, 2.45) is 11.3 Å². The monoisotopic (exact) mass is 357 g/mol. The van der Waals surface area contributed by atoms with Crippen LogP contribution >= 0.6 is 0 Å². The summed E-state index contributed by atoms with van der Waals surface area (Å²) in [7, 11) is 3.15. The molecule has 26 heavy (non-hydrogen) atoms. The van der Waals surface area contributed by atoms with E-state index < -0.39 is 0 Å². The number of aromatic nitrogens is 2. The third kappa shape index (κ3) is 2.67. The molecule has 5 rings (SSSR count). The third-order valence-corrected chi connectivity index (χ3v) is 6.47. The molecule has 6 heteroatoms. The van der Waals surface area contributed by atoms with Gasteiger partial charge in [-0.3, -0.25) is 9.69 Å². The number of nitrogens with zero attached hydrogens (tertiary/aromatic N) is 2. The van der Waals surface area contributed by atoms with Gasteiger partial charge in [0.25, 0.3) is 5.56 Å². The molecule has 1 aromatic carbocycles. The molecule has 2 bridgehead atoms. The summed E-state index contributed by atoms with van der Waals surface area (Å²) in [4.78, 5) is 22.8. The summed E-state index contributed by atoms with van der Waals surface area (Å²) in [6.07, 6.45) is 3.78. The van der Waals surface area contributed by atoms with Crippen molar-refractivity contribution >= 4 is 10.9 Å². The highest BCUT2D eigenvalue weighted by molar-refractivity contribution is 5.81. The van der Waals surface area contributed by atoms with Crippen LogP contribution in [0, 0.1) is 11.3 Å². The van der Waals surface area contributed by atoms with Crippen molar-refractivity contribution < 1.29 is 9.47 Å². The first-order valence-corrected chi connectivity index (χ1v) is 9.33. The average Bonchev–Trinajstić information content (AvgIpc) is 2.91. The first-order valence-electron chi connectivity index (χ1n) is 9.33. The summed E-state index contributed by atoms with van der Waals surface area (Å²) in [6, 6.07) is 4.04. The average molecular weight is 357 g/mol. The highest BCUT2D eigenvalue weighted by Gasteiger charge is 2.51. The Morgan fingerprint density at radius 1 is 1.27 bits per heavy atom. The molecule has 0 amide bonds. The molecule has 2 atom stereocenters. The van der Waals surface area contributed by atoms with Gasteiger partial charge in [0.1, 0.15) is 5.82 Å². The molecular weight excluding hydrogens is 330 g/mol. The maximum absolute atomic E-state index is 12.6. The molecule has 0 radical (unpaired) electrons. The SMILES string of the molecule is COc1cc2nc(CN3CCCC4CC3C4(C)C)[nH]c(=O)c2cc1OC. The van der Waals surface area contributed by atoms with Gasteiger partial charge in [-0.25, -0.2) is 4.98 Å². The normalized spacial score (nSPS) is 24.8. The molecule has 3 fully saturated rings. The van der Waals surface area contributed by atoms with Gasteiger partial charge in [-0.2, -0.15) is 0 Å². The second-order valence-electron chi connectivity index (χ2n) is 8.12. The Kier molecular flexibility index (Phi) is 4.18. The quantitative estimate of drug-likeness (QED) is 0.911. The highest BCUT2D eigenvalue weighted by atomic mass is 16.5. The maximum Gasteiger partial charge on any atom is 0.258 e. The number of nitrogens with one attached hydrogen (secondary N) is 1. The molecule has 6 nitrogen and oxygen atoms in total. The first-order chi connectivity index (χ1) is 12.4. The van der Waals surface area contributed by atoms with Gasteiger partial charge < -0.3 is 14.5 Å². The Balaban J connectivity index is 1.68. The van der Waals surface area contributed by atoms with E-state index in [4.69, 9.17) is 14.5 Å². The lowest BCUT2D eigenvalue weighted by atomic mass is 9.57. The summed E-state index contributed by atoms with van der Waals surface area (Å²) in [5.41, 5.74) is 0.859. The van der Waals surface area contributed by atoms with E-state index in [0.29, 0.717) is 40.4 Å². The Labute approximate surface area is 153 Å². The van der Waals surface area contributed by atoms with Crippen molar-refractivity contribution in [1.29, 1.82) is 0 Å². The molecular formula is C20H27N3O3. The number of hydrogen-bond acceptors (Lipinski definition) is 5. The number of H-pyrrole nitrogens is 1. The van der Waals surface area contributed by atoms with Gasteiger partial charge in [0, 0.05) is 12.1 Å². The largest absolute Gasteiger partial charge is 0.493 e. The lowest BCUT2D eigenvalue weighted by molar-refractivity contribution is -0.0471. The van der Waals surface area contributed by atoms with Crippen LogP contribution in [0.25, 0.3) is 10.9 Å². The molecule has 3 heterocycles. The summed E-state index contributed by atoms with van der Waals surface area (Å²) in [5, 5.41) is 0.520. The summed E-state index contributed by atoms with van der Waals surface area (Å²) in [5.74, 6) is 2.67. The zero-order valence-corrected chi connectivity index (χ0v) is 16.0. The van der Waals surface area contributed by atoms with Crippen LogP contribution in [0.1, 0.15) is 38.9 Å². The number of rotatable bonds is 4. The van der Waals surface area contributed by atoms with E-state index in [2.05, 4.69) is 23.7 Å².